The Bertz CT molecular complexity index is 316. The van der Waals surface area contributed by atoms with Gasteiger partial charge in [-0.05, 0) is 37.3 Å². The highest BCUT2D eigenvalue weighted by atomic mass is 15.2. The largest absolute Gasteiger partial charge is 0.355 e. The second-order valence-electron chi connectivity index (χ2n) is 4.45. The Hall–Kier alpha value is -1.09. The molecule has 1 aliphatic carbocycles. The number of hydrogen-bond donors (Lipinski definition) is 1. The highest BCUT2D eigenvalue weighted by Crippen LogP contribution is 2.35. The standard InChI is InChI=1S/C12H19N3/c1-9-3-6-12(14-8-9)15(2)11(7-13)10-4-5-10/h3,6,8,10-11H,4-5,7,13H2,1-2H3. The molecule has 3 nitrogen and oxygen atoms in total. The molecule has 1 fully saturated rings. The quantitative estimate of drug-likeness (QED) is 0.811. The van der Waals surface area contributed by atoms with Crippen molar-refractivity contribution in [1.29, 1.82) is 0 Å². The van der Waals surface area contributed by atoms with Crippen molar-refractivity contribution in [2.24, 2.45) is 11.7 Å². The normalized spacial score (nSPS) is 17.5. The van der Waals surface area contributed by atoms with Crippen LogP contribution in [0.4, 0.5) is 5.82 Å². The zero-order valence-corrected chi connectivity index (χ0v) is 9.48. The van der Waals surface area contributed by atoms with Crippen molar-refractivity contribution in [3.63, 3.8) is 0 Å². The average molecular weight is 205 g/mol. The summed E-state index contributed by atoms with van der Waals surface area (Å²) in [5.74, 6) is 1.81. The average Bonchev–Trinajstić information content (AvgIpc) is 3.04. The number of anilines is 1. The van der Waals surface area contributed by atoms with E-state index in [0.717, 1.165) is 18.3 Å². The van der Waals surface area contributed by atoms with E-state index in [0.29, 0.717) is 6.04 Å². The number of aryl methyl sites for hydroxylation is 1. The van der Waals surface area contributed by atoms with E-state index >= 15 is 0 Å². The van der Waals surface area contributed by atoms with Crippen molar-refractivity contribution in [2.45, 2.75) is 25.8 Å². The number of rotatable bonds is 4. The van der Waals surface area contributed by atoms with Crippen molar-refractivity contribution in [3.8, 4) is 0 Å². The first kappa shape index (κ1) is 10.4. The minimum Gasteiger partial charge on any atom is -0.355 e. The number of aromatic nitrogens is 1. The minimum absolute atomic E-state index is 0.459. The molecular weight excluding hydrogens is 186 g/mol. The van der Waals surface area contributed by atoms with Gasteiger partial charge in [0, 0.05) is 25.8 Å². The predicted octanol–water partition coefficient (Wildman–Crippen LogP) is 1.56. The molecule has 0 saturated heterocycles. The Morgan fingerprint density at radius 3 is 2.73 bits per heavy atom. The van der Waals surface area contributed by atoms with E-state index in [1.807, 2.05) is 6.20 Å². The summed E-state index contributed by atoms with van der Waals surface area (Å²) in [4.78, 5) is 6.65. The number of likely N-dealkylation sites (N-methyl/N-ethyl adjacent to an activating group) is 1. The van der Waals surface area contributed by atoms with Gasteiger partial charge in [0.25, 0.3) is 0 Å². The van der Waals surface area contributed by atoms with Crippen molar-refractivity contribution >= 4 is 5.82 Å². The molecule has 0 aromatic carbocycles. The van der Waals surface area contributed by atoms with Gasteiger partial charge >= 0.3 is 0 Å². The van der Waals surface area contributed by atoms with Crippen molar-refractivity contribution in [3.05, 3.63) is 23.9 Å². The molecule has 0 radical (unpaired) electrons. The van der Waals surface area contributed by atoms with E-state index < -0.39 is 0 Å². The molecule has 1 aromatic heterocycles. The van der Waals surface area contributed by atoms with Gasteiger partial charge in [0.15, 0.2) is 0 Å². The maximum Gasteiger partial charge on any atom is 0.128 e. The zero-order chi connectivity index (χ0) is 10.8. The van der Waals surface area contributed by atoms with Crippen LogP contribution in [0.15, 0.2) is 18.3 Å². The zero-order valence-electron chi connectivity index (χ0n) is 9.48. The highest BCUT2D eigenvalue weighted by Gasteiger charge is 2.33. The van der Waals surface area contributed by atoms with Crippen LogP contribution in [0.2, 0.25) is 0 Å². The lowest BCUT2D eigenvalue weighted by Crippen LogP contribution is -2.40. The number of hydrogen-bond acceptors (Lipinski definition) is 3. The first-order valence-corrected chi connectivity index (χ1v) is 5.58. The Morgan fingerprint density at radius 1 is 1.53 bits per heavy atom. The third kappa shape index (κ3) is 2.29. The van der Waals surface area contributed by atoms with Crippen molar-refractivity contribution < 1.29 is 0 Å². The van der Waals surface area contributed by atoms with E-state index in [2.05, 4.69) is 36.0 Å². The second-order valence-corrected chi connectivity index (χ2v) is 4.45. The fourth-order valence-electron chi connectivity index (χ4n) is 1.99. The SMILES string of the molecule is Cc1ccc(N(C)C(CN)C2CC2)nc1. The number of nitrogens with two attached hydrogens (primary N) is 1. The number of nitrogens with zero attached hydrogens (tertiary/aromatic N) is 2. The van der Waals surface area contributed by atoms with Gasteiger partial charge in [-0.25, -0.2) is 4.98 Å². The molecule has 82 valence electrons. The molecule has 15 heavy (non-hydrogen) atoms. The lowest BCUT2D eigenvalue weighted by Gasteiger charge is -2.28. The van der Waals surface area contributed by atoms with Crippen LogP contribution in [0.1, 0.15) is 18.4 Å². The molecule has 1 saturated carbocycles. The molecule has 2 N–H and O–H groups in total. The summed E-state index contributed by atoms with van der Waals surface area (Å²) in [6.07, 6.45) is 4.54. The van der Waals surface area contributed by atoms with Gasteiger partial charge in [0.1, 0.15) is 5.82 Å². The Labute approximate surface area is 91.3 Å². The van der Waals surface area contributed by atoms with Crippen LogP contribution in [-0.4, -0.2) is 24.6 Å². The molecule has 1 aromatic rings. The maximum atomic E-state index is 5.81. The van der Waals surface area contributed by atoms with Crippen LogP contribution in [0.3, 0.4) is 0 Å². The molecule has 1 aliphatic rings. The van der Waals surface area contributed by atoms with Gasteiger partial charge < -0.3 is 10.6 Å². The fourth-order valence-corrected chi connectivity index (χ4v) is 1.99. The summed E-state index contributed by atoms with van der Waals surface area (Å²) < 4.78 is 0. The van der Waals surface area contributed by atoms with Gasteiger partial charge in [0.05, 0.1) is 0 Å². The van der Waals surface area contributed by atoms with E-state index in [4.69, 9.17) is 5.73 Å². The molecule has 0 spiro atoms. The molecule has 1 atom stereocenters. The number of pyridine rings is 1. The van der Waals surface area contributed by atoms with Gasteiger partial charge in [-0.15, -0.1) is 0 Å². The van der Waals surface area contributed by atoms with Crippen LogP contribution in [-0.2, 0) is 0 Å². The molecule has 0 aliphatic heterocycles. The first-order valence-electron chi connectivity index (χ1n) is 5.58. The summed E-state index contributed by atoms with van der Waals surface area (Å²) in [7, 11) is 2.09. The van der Waals surface area contributed by atoms with Crippen LogP contribution in [0, 0.1) is 12.8 Å². The van der Waals surface area contributed by atoms with E-state index in [1.165, 1.54) is 18.4 Å². The molecular formula is C12H19N3. The van der Waals surface area contributed by atoms with E-state index in [1.54, 1.807) is 0 Å². The van der Waals surface area contributed by atoms with E-state index in [-0.39, 0.29) is 0 Å². The minimum atomic E-state index is 0.459. The summed E-state index contributed by atoms with van der Waals surface area (Å²) in [5.41, 5.74) is 7.01. The van der Waals surface area contributed by atoms with Crippen LogP contribution >= 0.6 is 0 Å². The monoisotopic (exact) mass is 205 g/mol. The van der Waals surface area contributed by atoms with Crippen molar-refractivity contribution in [1.82, 2.24) is 4.98 Å². The third-order valence-corrected chi connectivity index (χ3v) is 3.16. The highest BCUT2D eigenvalue weighted by molar-refractivity contribution is 5.40. The molecule has 1 unspecified atom stereocenters. The maximum absolute atomic E-state index is 5.81. The molecule has 0 bridgehead atoms. The summed E-state index contributed by atoms with van der Waals surface area (Å²) in [5, 5.41) is 0. The first-order chi connectivity index (χ1) is 7.22. The smallest absolute Gasteiger partial charge is 0.128 e. The second kappa shape index (κ2) is 4.19. The topological polar surface area (TPSA) is 42.1 Å². The van der Waals surface area contributed by atoms with E-state index in [9.17, 15) is 0 Å². The Morgan fingerprint density at radius 2 is 2.27 bits per heavy atom. The summed E-state index contributed by atoms with van der Waals surface area (Å²) in [6, 6.07) is 4.62. The summed E-state index contributed by atoms with van der Waals surface area (Å²) >= 11 is 0. The lowest BCUT2D eigenvalue weighted by molar-refractivity contribution is 0.566. The molecule has 2 rings (SSSR count). The van der Waals surface area contributed by atoms with Gasteiger partial charge in [-0.1, -0.05) is 6.07 Å². The van der Waals surface area contributed by atoms with Gasteiger partial charge in [-0.2, -0.15) is 0 Å². The Kier molecular flexibility index (Phi) is 2.91. The fraction of sp³-hybridized carbons (Fsp3) is 0.583. The molecule has 3 heteroatoms. The summed E-state index contributed by atoms with van der Waals surface area (Å²) in [6.45, 7) is 2.77. The molecule has 0 amide bonds. The van der Waals surface area contributed by atoms with Crippen molar-refractivity contribution in [2.75, 3.05) is 18.5 Å². The Balaban J connectivity index is 2.11. The van der Waals surface area contributed by atoms with Gasteiger partial charge in [-0.3, -0.25) is 0 Å². The lowest BCUT2D eigenvalue weighted by atomic mass is 10.1. The molecule has 1 heterocycles. The van der Waals surface area contributed by atoms with Crippen LogP contribution in [0.5, 0.6) is 0 Å². The predicted molar refractivity (Wildman–Crippen MR) is 62.9 cm³/mol. The van der Waals surface area contributed by atoms with Crippen LogP contribution in [0.25, 0.3) is 0 Å². The van der Waals surface area contributed by atoms with Gasteiger partial charge in [0.2, 0.25) is 0 Å². The third-order valence-electron chi connectivity index (χ3n) is 3.16. The van der Waals surface area contributed by atoms with Crippen LogP contribution < -0.4 is 10.6 Å².